The number of nitrogens with one attached hydrogen (secondary N) is 1. The average molecular weight is 324 g/mol. The van der Waals surface area contributed by atoms with Crippen LogP contribution in [0.5, 0.6) is 0 Å². The summed E-state index contributed by atoms with van der Waals surface area (Å²) in [7, 11) is 1.64. The molecule has 0 spiro atoms. The van der Waals surface area contributed by atoms with E-state index >= 15 is 0 Å². The maximum atomic E-state index is 12.5. The number of aromatic nitrogens is 1. The third-order valence-corrected chi connectivity index (χ3v) is 4.94. The Balaban J connectivity index is 1.95. The van der Waals surface area contributed by atoms with Crippen LogP contribution < -0.4 is 5.32 Å². The third kappa shape index (κ3) is 3.14. The Bertz CT molecular complexity index is 760. The molecule has 1 aromatic carbocycles. The highest BCUT2D eigenvalue weighted by atomic mass is 16.1. The molecule has 3 rings (SSSR count). The van der Waals surface area contributed by atoms with Crippen LogP contribution in [-0.2, 0) is 30.6 Å². The van der Waals surface area contributed by atoms with E-state index in [9.17, 15) is 9.59 Å². The number of ketones is 1. The van der Waals surface area contributed by atoms with E-state index in [1.165, 1.54) is 5.56 Å². The van der Waals surface area contributed by atoms with E-state index < -0.39 is 0 Å². The van der Waals surface area contributed by atoms with Gasteiger partial charge in [0.25, 0.3) is 0 Å². The molecule has 0 saturated heterocycles. The fourth-order valence-corrected chi connectivity index (χ4v) is 3.64. The van der Waals surface area contributed by atoms with Crippen molar-refractivity contribution in [2.24, 2.45) is 0 Å². The first-order valence-corrected chi connectivity index (χ1v) is 8.60. The van der Waals surface area contributed by atoms with Gasteiger partial charge in [0.2, 0.25) is 5.91 Å². The molecule has 0 radical (unpaired) electrons. The first-order chi connectivity index (χ1) is 11.6. The summed E-state index contributed by atoms with van der Waals surface area (Å²) in [5, 5.41) is 2.67. The Morgan fingerprint density at radius 1 is 1.21 bits per heavy atom. The number of carbonyl (C=O) groups excluding carboxylic acids is 2. The van der Waals surface area contributed by atoms with Crippen molar-refractivity contribution in [3.8, 4) is 0 Å². The van der Waals surface area contributed by atoms with Crippen molar-refractivity contribution in [1.82, 2.24) is 9.88 Å². The Labute approximate surface area is 142 Å². The van der Waals surface area contributed by atoms with Gasteiger partial charge >= 0.3 is 0 Å². The van der Waals surface area contributed by atoms with E-state index in [1.54, 1.807) is 7.05 Å². The van der Waals surface area contributed by atoms with Crippen molar-refractivity contribution in [1.29, 1.82) is 0 Å². The maximum Gasteiger partial charge on any atom is 0.224 e. The first-order valence-electron chi connectivity index (χ1n) is 8.60. The van der Waals surface area contributed by atoms with Crippen molar-refractivity contribution >= 4 is 11.7 Å². The molecule has 1 N–H and O–H groups in total. The molecular formula is C20H24N2O2. The van der Waals surface area contributed by atoms with Gasteiger partial charge < -0.3 is 9.88 Å². The Morgan fingerprint density at radius 2 is 1.96 bits per heavy atom. The molecule has 0 unspecified atom stereocenters. The van der Waals surface area contributed by atoms with Gasteiger partial charge in [-0.25, -0.2) is 0 Å². The maximum absolute atomic E-state index is 12.5. The number of Topliss-reactive ketones (excluding diaryl/α,β-unsaturated/α-hetero) is 1. The second-order valence-electron chi connectivity index (χ2n) is 6.40. The highest BCUT2D eigenvalue weighted by Crippen LogP contribution is 2.30. The van der Waals surface area contributed by atoms with Crippen molar-refractivity contribution in [3.63, 3.8) is 0 Å². The lowest BCUT2D eigenvalue weighted by Gasteiger charge is -2.16. The van der Waals surface area contributed by atoms with E-state index in [2.05, 4.69) is 22.0 Å². The van der Waals surface area contributed by atoms with Crippen LogP contribution in [0.25, 0.3) is 0 Å². The second kappa shape index (κ2) is 7.04. The highest BCUT2D eigenvalue weighted by Gasteiger charge is 2.28. The van der Waals surface area contributed by atoms with E-state index in [1.807, 2.05) is 25.1 Å². The molecule has 0 saturated carbocycles. The van der Waals surface area contributed by atoms with E-state index in [0.717, 1.165) is 48.3 Å². The number of fused-ring (bicyclic) bond motifs is 1. The van der Waals surface area contributed by atoms with Gasteiger partial charge in [-0.3, -0.25) is 9.59 Å². The van der Waals surface area contributed by atoms with Crippen molar-refractivity contribution in [3.05, 3.63) is 58.4 Å². The summed E-state index contributed by atoms with van der Waals surface area (Å²) >= 11 is 0. The molecule has 0 fully saturated rings. The molecule has 126 valence electrons. The average Bonchev–Trinajstić information content (AvgIpc) is 2.87. The summed E-state index contributed by atoms with van der Waals surface area (Å²) in [5.74, 6) is 0.149. The van der Waals surface area contributed by atoms with Gasteiger partial charge in [0, 0.05) is 37.0 Å². The van der Waals surface area contributed by atoms with Gasteiger partial charge in [-0.05, 0) is 37.3 Å². The van der Waals surface area contributed by atoms with E-state index in [4.69, 9.17) is 0 Å². The minimum Gasteiger partial charge on any atom is -0.359 e. The molecule has 2 aromatic rings. The summed E-state index contributed by atoms with van der Waals surface area (Å²) in [5.41, 5.74) is 5.21. The fourth-order valence-electron chi connectivity index (χ4n) is 3.64. The highest BCUT2D eigenvalue weighted by molar-refractivity contribution is 6.01. The Morgan fingerprint density at radius 3 is 2.67 bits per heavy atom. The third-order valence-electron chi connectivity index (χ3n) is 4.94. The molecule has 1 aromatic heterocycles. The minimum absolute atomic E-state index is 0.0421. The van der Waals surface area contributed by atoms with Crippen LogP contribution in [0.15, 0.2) is 30.3 Å². The summed E-state index contributed by atoms with van der Waals surface area (Å²) in [6, 6.07) is 10.4. The topological polar surface area (TPSA) is 51.1 Å². The molecule has 1 heterocycles. The number of benzene rings is 1. The Hall–Kier alpha value is -2.36. The lowest BCUT2D eigenvalue weighted by atomic mass is 9.92. The molecular weight excluding hydrogens is 300 g/mol. The van der Waals surface area contributed by atoms with Crippen LogP contribution in [0.3, 0.4) is 0 Å². The number of likely N-dealkylation sites (N-methyl/N-ethyl adjacent to an activating group) is 1. The molecule has 0 bridgehead atoms. The second-order valence-corrected chi connectivity index (χ2v) is 6.40. The van der Waals surface area contributed by atoms with Gasteiger partial charge in [0.1, 0.15) is 0 Å². The van der Waals surface area contributed by atoms with Crippen molar-refractivity contribution in [2.45, 2.75) is 45.6 Å². The largest absolute Gasteiger partial charge is 0.359 e. The predicted molar refractivity (Wildman–Crippen MR) is 94.4 cm³/mol. The quantitative estimate of drug-likeness (QED) is 0.919. The van der Waals surface area contributed by atoms with E-state index in [0.29, 0.717) is 6.42 Å². The number of hydrogen-bond donors (Lipinski definition) is 1. The van der Waals surface area contributed by atoms with Gasteiger partial charge in [-0.15, -0.1) is 0 Å². The van der Waals surface area contributed by atoms with Gasteiger partial charge in [0.05, 0.1) is 6.42 Å². The zero-order chi connectivity index (χ0) is 17.1. The molecule has 1 aliphatic carbocycles. The predicted octanol–water partition coefficient (Wildman–Crippen LogP) is 2.85. The monoisotopic (exact) mass is 324 g/mol. The lowest BCUT2D eigenvalue weighted by Crippen LogP contribution is -2.22. The number of nitrogens with zero attached hydrogens (tertiary/aromatic N) is 1. The molecule has 4 heteroatoms. The standard InChI is InChI=1S/C20H24N2O2/c1-14-16(13-19(24)21-2)20-17(9-6-10-18(20)23)22(14)12-11-15-7-4-3-5-8-15/h3-5,7-8H,6,9-13H2,1-2H3,(H,21,24). The van der Waals surface area contributed by atoms with Crippen LogP contribution in [0, 0.1) is 6.92 Å². The smallest absolute Gasteiger partial charge is 0.224 e. The number of carbonyl (C=O) groups is 2. The van der Waals surface area contributed by atoms with Gasteiger partial charge in [0.15, 0.2) is 5.78 Å². The number of hydrogen-bond acceptors (Lipinski definition) is 2. The molecule has 24 heavy (non-hydrogen) atoms. The Kier molecular flexibility index (Phi) is 4.84. The molecule has 1 aliphatic rings. The van der Waals surface area contributed by atoms with Gasteiger partial charge in [-0.1, -0.05) is 30.3 Å². The SMILES string of the molecule is CNC(=O)Cc1c2c(n(CCc3ccccc3)c1C)CCCC2=O. The normalized spacial score (nSPS) is 13.7. The van der Waals surface area contributed by atoms with Gasteiger partial charge in [-0.2, -0.15) is 0 Å². The fraction of sp³-hybridized carbons (Fsp3) is 0.400. The van der Waals surface area contributed by atoms with Crippen LogP contribution >= 0.6 is 0 Å². The zero-order valence-corrected chi connectivity index (χ0v) is 14.4. The van der Waals surface area contributed by atoms with Crippen LogP contribution in [0.1, 0.15) is 45.7 Å². The lowest BCUT2D eigenvalue weighted by molar-refractivity contribution is -0.119. The molecule has 0 aliphatic heterocycles. The van der Waals surface area contributed by atoms with Crippen LogP contribution in [-0.4, -0.2) is 23.3 Å². The molecule has 1 amide bonds. The zero-order valence-electron chi connectivity index (χ0n) is 14.4. The first kappa shape index (κ1) is 16.5. The summed E-state index contributed by atoms with van der Waals surface area (Å²) in [6.07, 6.45) is 3.63. The summed E-state index contributed by atoms with van der Waals surface area (Å²) < 4.78 is 2.26. The summed E-state index contributed by atoms with van der Waals surface area (Å²) in [4.78, 5) is 24.4. The van der Waals surface area contributed by atoms with Crippen LogP contribution in [0.4, 0.5) is 0 Å². The van der Waals surface area contributed by atoms with Crippen LogP contribution in [0.2, 0.25) is 0 Å². The van der Waals surface area contributed by atoms with Crippen molar-refractivity contribution in [2.75, 3.05) is 7.05 Å². The minimum atomic E-state index is -0.0421. The number of amides is 1. The number of rotatable bonds is 5. The molecule has 0 atom stereocenters. The van der Waals surface area contributed by atoms with E-state index in [-0.39, 0.29) is 18.1 Å². The number of aryl methyl sites for hydroxylation is 1. The van der Waals surface area contributed by atoms with Crippen molar-refractivity contribution < 1.29 is 9.59 Å². The summed E-state index contributed by atoms with van der Waals surface area (Å²) in [6.45, 7) is 2.88. The molecule has 4 nitrogen and oxygen atoms in total.